The maximum Gasteiger partial charge on any atom is 0.246 e. The summed E-state index contributed by atoms with van der Waals surface area (Å²) in [5.41, 5.74) is 0. The molecule has 2 aliphatic rings. The first-order valence-electron chi connectivity index (χ1n) is 8.13. The predicted molar refractivity (Wildman–Crippen MR) is 84.6 cm³/mol. The van der Waals surface area contributed by atoms with E-state index in [1.165, 1.54) is 15.9 Å². The van der Waals surface area contributed by atoms with Crippen molar-refractivity contribution in [3.63, 3.8) is 0 Å². The van der Waals surface area contributed by atoms with Crippen LogP contribution in [-0.2, 0) is 19.1 Å². The monoisotopic (exact) mass is 323 g/mol. The number of ether oxygens (including phenoxy) is 1. The van der Waals surface area contributed by atoms with Crippen LogP contribution in [0, 0.1) is 0 Å². The highest BCUT2D eigenvalue weighted by Crippen LogP contribution is 2.17. The van der Waals surface area contributed by atoms with Gasteiger partial charge in [-0.2, -0.15) is 0 Å². The van der Waals surface area contributed by atoms with Crippen LogP contribution in [-0.4, -0.2) is 84.4 Å². The van der Waals surface area contributed by atoms with E-state index in [-0.39, 0.29) is 36.9 Å². The summed E-state index contributed by atoms with van der Waals surface area (Å²) in [6.07, 6.45) is 2.92. The number of carbonyl (C=O) groups excluding carboxylic acids is 3. The van der Waals surface area contributed by atoms with Crippen molar-refractivity contribution in [1.29, 1.82) is 0 Å². The van der Waals surface area contributed by atoms with Crippen molar-refractivity contribution in [2.45, 2.75) is 25.8 Å². The van der Waals surface area contributed by atoms with E-state index in [4.69, 9.17) is 4.74 Å². The highest BCUT2D eigenvalue weighted by atomic mass is 16.5. The van der Waals surface area contributed by atoms with Crippen LogP contribution in [0.4, 0.5) is 0 Å². The molecule has 0 unspecified atom stereocenters. The first-order valence-corrected chi connectivity index (χ1v) is 8.13. The van der Waals surface area contributed by atoms with Crippen LogP contribution in [0.2, 0.25) is 0 Å². The van der Waals surface area contributed by atoms with E-state index in [1.54, 1.807) is 0 Å². The molecular formula is C16H25N3O4. The van der Waals surface area contributed by atoms with E-state index in [0.29, 0.717) is 32.8 Å². The summed E-state index contributed by atoms with van der Waals surface area (Å²) in [5, 5.41) is 0. The number of hydrogen-bond donors (Lipinski definition) is 0. The smallest absolute Gasteiger partial charge is 0.246 e. The Balaban J connectivity index is 1.88. The third kappa shape index (κ3) is 4.31. The molecule has 0 aliphatic carbocycles. The summed E-state index contributed by atoms with van der Waals surface area (Å²) >= 11 is 0. The van der Waals surface area contributed by atoms with Crippen LogP contribution in [0.25, 0.3) is 0 Å². The maximum absolute atomic E-state index is 12.3. The second kappa shape index (κ2) is 8.10. The van der Waals surface area contributed by atoms with E-state index in [1.807, 2.05) is 11.8 Å². The second-order valence-corrected chi connectivity index (χ2v) is 5.80. The summed E-state index contributed by atoms with van der Waals surface area (Å²) in [6.45, 7) is 8.21. The molecule has 2 saturated heterocycles. The second-order valence-electron chi connectivity index (χ2n) is 5.80. The Hall–Kier alpha value is -1.89. The Labute approximate surface area is 136 Å². The molecule has 2 aliphatic heterocycles. The zero-order chi connectivity index (χ0) is 16.8. The predicted octanol–water partition coefficient (Wildman–Crippen LogP) is -0.129. The SMILES string of the molecule is C=CC(=O)N(CC)CC(=O)N1CCN(C2CCOCC2)C(=O)C1. The quantitative estimate of drug-likeness (QED) is 0.661. The van der Waals surface area contributed by atoms with E-state index >= 15 is 0 Å². The lowest BCUT2D eigenvalue weighted by Gasteiger charge is -2.40. The third-order valence-electron chi connectivity index (χ3n) is 4.44. The largest absolute Gasteiger partial charge is 0.381 e. The summed E-state index contributed by atoms with van der Waals surface area (Å²) in [7, 11) is 0. The number of piperazine rings is 1. The van der Waals surface area contributed by atoms with Crippen molar-refractivity contribution in [2.75, 3.05) is 45.9 Å². The fourth-order valence-corrected chi connectivity index (χ4v) is 3.02. The summed E-state index contributed by atoms with van der Waals surface area (Å²) in [6, 6.07) is 0.225. The van der Waals surface area contributed by atoms with Crippen molar-refractivity contribution < 1.29 is 19.1 Å². The zero-order valence-corrected chi connectivity index (χ0v) is 13.7. The third-order valence-corrected chi connectivity index (χ3v) is 4.44. The van der Waals surface area contributed by atoms with Gasteiger partial charge < -0.3 is 19.4 Å². The van der Waals surface area contributed by atoms with Gasteiger partial charge in [0, 0.05) is 38.9 Å². The average Bonchev–Trinajstić information content (AvgIpc) is 2.59. The van der Waals surface area contributed by atoms with Gasteiger partial charge in [-0.3, -0.25) is 14.4 Å². The van der Waals surface area contributed by atoms with E-state index in [2.05, 4.69) is 6.58 Å². The number of carbonyl (C=O) groups is 3. The van der Waals surface area contributed by atoms with Gasteiger partial charge in [-0.1, -0.05) is 6.58 Å². The van der Waals surface area contributed by atoms with Gasteiger partial charge in [0.15, 0.2) is 0 Å². The van der Waals surface area contributed by atoms with Crippen molar-refractivity contribution in [2.24, 2.45) is 0 Å². The molecule has 2 rings (SSSR count). The van der Waals surface area contributed by atoms with Crippen molar-refractivity contribution in [1.82, 2.24) is 14.7 Å². The van der Waals surface area contributed by atoms with Gasteiger partial charge in [-0.15, -0.1) is 0 Å². The number of hydrogen-bond acceptors (Lipinski definition) is 4. The lowest BCUT2D eigenvalue weighted by Crippen LogP contribution is -2.57. The minimum atomic E-state index is -0.270. The van der Waals surface area contributed by atoms with Crippen LogP contribution < -0.4 is 0 Å². The van der Waals surface area contributed by atoms with Crippen LogP contribution in [0.1, 0.15) is 19.8 Å². The number of amides is 3. The molecule has 128 valence electrons. The molecule has 23 heavy (non-hydrogen) atoms. The van der Waals surface area contributed by atoms with Gasteiger partial charge >= 0.3 is 0 Å². The molecule has 7 heteroatoms. The Morgan fingerprint density at radius 2 is 2.04 bits per heavy atom. The molecule has 2 fully saturated rings. The Bertz CT molecular complexity index is 474. The van der Waals surface area contributed by atoms with E-state index in [9.17, 15) is 14.4 Å². The first kappa shape index (κ1) is 17.5. The van der Waals surface area contributed by atoms with Gasteiger partial charge in [0.2, 0.25) is 17.7 Å². The number of rotatable bonds is 5. The Morgan fingerprint density at radius 3 is 2.61 bits per heavy atom. The minimum Gasteiger partial charge on any atom is -0.381 e. The molecular weight excluding hydrogens is 298 g/mol. The van der Waals surface area contributed by atoms with Crippen LogP contribution in [0.3, 0.4) is 0 Å². The molecule has 0 bridgehead atoms. The molecule has 0 saturated carbocycles. The maximum atomic E-state index is 12.3. The fourth-order valence-electron chi connectivity index (χ4n) is 3.02. The normalized spacial score (nSPS) is 19.6. The molecule has 0 aromatic rings. The molecule has 0 spiro atoms. The summed E-state index contributed by atoms with van der Waals surface area (Å²) in [4.78, 5) is 41.1. The number of likely N-dealkylation sites (N-methyl/N-ethyl adjacent to an activating group) is 1. The average molecular weight is 323 g/mol. The van der Waals surface area contributed by atoms with Gasteiger partial charge in [0.1, 0.15) is 6.54 Å². The lowest BCUT2D eigenvalue weighted by atomic mass is 10.1. The lowest BCUT2D eigenvalue weighted by molar-refractivity contribution is -0.150. The molecule has 0 aromatic heterocycles. The molecule has 0 N–H and O–H groups in total. The van der Waals surface area contributed by atoms with E-state index in [0.717, 1.165) is 12.8 Å². The Morgan fingerprint density at radius 1 is 1.35 bits per heavy atom. The van der Waals surface area contributed by atoms with Crippen LogP contribution >= 0.6 is 0 Å². The van der Waals surface area contributed by atoms with Gasteiger partial charge in [0.25, 0.3) is 0 Å². The van der Waals surface area contributed by atoms with Crippen molar-refractivity contribution in [3.8, 4) is 0 Å². The van der Waals surface area contributed by atoms with Gasteiger partial charge in [-0.25, -0.2) is 0 Å². The summed E-state index contributed by atoms with van der Waals surface area (Å²) in [5.74, 6) is -0.482. The van der Waals surface area contributed by atoms with Crippen LogP contribution in [0.15, 0.2) is 12.7 Å². The molecule has 0 atom stereocenters. The van der Waals surface area contributed by atoms with Gasteiger partial charge in [-0.05, 0) is 25.8 Å². The molecule has 2 heterocycles. The highest BCUT2D eigenvalue weighted by molar-refractivity contribution is 5.92. The molecule has 7 nitrogen and oxygen atoms in total. The number of nitrogens with zero attached hydrogens (tertiary/aromatic N) is 3. The standard InChI is InChI=1S/C16H25N3O4/c1-3-14(20)17(4-2)11-15(21)18-7-8-19(16(22)12-18)13-5-9-23-10-6-13/h3,13H,1,4-12H2,2H3. The molecule has 3 amide bonds. The zero-order valence-electron chi connectivity index (χ0n) is 13.7. The van der Waals surface area contributed by atoms with Crippen molar-refractivity contribution in [3.05, 3.63) is 12.7 Å². The Kier molecular flexibility index (Phi) is 6.15. The van der Waals surface area contributed by atoms with Crippen LogP contribution in [0.5, 0.6) is 0 Å². The fraction of sp³-hybridized carbons (Fsp3) is 0.688. The molecule has 0 aromatic carbocycles. The van der Waals surface area contributed by atoms with Crippen molar-refractivity contribution >= 4 is 17.7 Å². The highest BCUT2D eigenvalue weighted by Gasteiger charge is 2.32. The van der Waals surface area contributed by atoms with E-state index < -0.39 is 0 Å². The molecule has 0 radical (unpaired) electrons. The summed E-state index contributed by atoms with van der Waals surface area (Å²) < 4.78 is 5.33. The first-order chi connectivity index (χ1) is 11.1. The van der Waals surface area contributed by atoms with Gasteiger partial charge in [0.05, 0.1) is 6.54 Å². The minimum absolute atomic E-state index is 0.00803. The topological polar surface area (TPSA) is 70.2 Å².